The number of nitrogens with zero attached hydrogens (tertiary/aromatic N) is 2. The van der Waals surface area contributed by atoms with Crippen LogP contribution < -0.4 is 5.32 Å². The number of carbonyl (C=O) groups is 1. The van der Waals surface area contributed by atoms with E-state index in [-0.39, 0.29) is 24.1 Å². The molecule has 5 heteroatoms. The van der Waals surface area contributed by atoms with Crippen LogP contribution in [0.25, 0.3) is 0 Å². The summed E-state index contributed by atoms with van der Waals surface area (Å²) in [6, 6.07) is 8.63. The van der Waals surface area contributed by atoms with E-state index in [0.29, 0.717) is 6.54 Å². The molecule has 0 aromatic heterocycles. The maximum atomic E-state index is 12.5. The molecule has 1 fully saturated rings. The van der Waals surface area contributed by atoms with Gasteiger partial charge >= 0.3 is 6.03 Å². The molecule has 1 heterocycles. The molecule has 1 unspecified atom stereocenters. The molecular weight excluding hydrogens is 314 g/mol. The highest BCUT2D eigenvalue weighted by atomic mass is 16.3. The number of aliphatic hydroxyl groups excluding tert-OH is 1. The summed E-state index contributed by atoms with van der Waals surface area (Å²) in [6.45, 7) is 6.44. The minimum absolute atomic E-state index is 0.00149. The first kappa shape index (κ1) is 19.7. The van der Waals surface area contributed by atoms with E-state index < -0.39 is 0 Å². The second-order valence-corrected chi connectivity index (χ2v) is 7.57. The molecule has 5 nitrogen and oxygen atoms in total. The Bertz CT molecular complexity index is 543. The Kier molecular flexibility index (Phi) is 6.85. The number of piperidine rings is 1. The molecule has 1 aromatic carbocycles. The van der Waals surface area contributed by atoms with Crippen LogP contribution in [0.1, 0.15) is 43.4 Å². The molecule has 140 valence electrons. The number of aliphatic hydroxyl groups is 1. The SMILES string of the molecule is CCC1(CO)CCN(C(=O)NCC(c2ccc(C)cc2)N(C)C)CC1. The number of amides is 2. The number of nitrogens with one attached hydrogen (secondary N) is 1. The lowest BCUT2D eigenvalue weighted by Gasteiger charge is -2.40. The van der Waals surface area contributed by atoms with Crippen molar-refractivity contribution < 1.29 is 9.90 Å². The van der Waals surface area contributed by atoms with Gasteiger partial charge in [0.1, 0.15) is 0 Å². The Labute approximate surface area is 152 Å². The van der Waals surface area contributed by atoms with Gasteiger partial charge in [-0.2, -0.15) is 0 Å². The molecule has 2 rings (SSSR count). The summed E-state index contributed by atoms with van der Waals surface area (Å²) in [5.41, 5.74) is 2.45. The van der Waals surface area contributed by atoms with Gasteiger partial charge < -0.3 is 20.2 Å². The molecule has 2 amide bonds. The summed E-state index contributed by atoms with van der Waals surface area (Å²) in [4.78, 5) is 16.5. The fourth-order valence-corrected chi connectivity index (χ4v) is 3.49. The van der Waals surface area contributed by atoms with Crippen LogP contribution in [0, 0.1) is 12.3 Å². The van der Waals surface area contributed by atoms with Crippen LogP contribution >= 0.6 is 0 Å². The highest BCUT2D eigenvalue weighted by Gasteiger charge is 2.34. The van der Waals surface area contributed by atoms with Gasteiger partial charge in [0.05, 0.1) is 6.04 Å². The number of likely N-dealkylation sites (tertiary alicyclic amines) is 1. The molecular formula is C20H33N3O2. The molecule has 0 bridgehead atoms. The minimum Gasteiger partial charge on any atom is -0.396 e. The number of rotatable bonds is 6. The smallest absolute Gasteiger partial charge is 0.317 e. The average molecular weight is 348 g/mol. The van der Waals surface area contributed by atoms with Crippen LogP contribution in [-0.2, 0) is 0 Å². The van der Waals surface area contributed by atoms with Crippen LogP contribution in [-0.4, -0.2) is 61.3 Å². The highest BCUT2D eigenvalue weighted by molar-refractivity contribution is 5.74. The van der Waals surface area contributed by atoms with Gasteiger partial charge in [0.2, 0.25) is 0 Å². The second-order valence-electron chi connectivity index (χ2n) is 7.57. The average Bonchev–Trinajstić information content (AvgIpc) is 2.63. The molecule has 0 radical (unpaired) electrons. The van der Waals surface area contributed by atoms with Crippen molar-refractivity contribution in [2.45, 2.75) is 39.2 Å². The lowest BCUT2D eigenvalue weighted by atomic mass is 9.77. The van der Waals surface area contributed by atoms with E-state index in [1.807, 2.05) is 19.0 Å². The third-order valence-electron chi connectivity index (χ3n) is 5.73. The van der Waals surface area contributed by atoms with Crippen molar-refractivity contribution in [1.82, 2.24) is 15.1 Å². The number of hydrogen-bond donors (Lipinski definition) is 2. The van der Waals surface area contributed by atoms with E-state index in [4.69, 9.17) is 0 Å². The third kappa shape index (κ3) is 4.95. The van der Waals surface area contributed by atoms with Crippen LogP contribution in [0.5, 0.6) is 0 Å². The zero-order valence-corrected chi connectivity index (χ0v) is 16.1. The molecule has 1 aromatic rings. The van der Waals surface area contributed by atoms with Crippen LogP contribution in [0.15, 0.2) is 24.3 Å². The Morgan fingerprint density at radius 2 is 1.88 bits per heavy atom. The van der Waals surface area contributed by atoms with Crippen molar-refractivity contribution in [3.05, 3.63) is 35.4 Å². The Hall–Kier alpha value is -1.59. The van der Waals surface area contributed by atoms with E-state index in [1.165, 1.54) is 11.1 Å². The largest absolute Gasteiger partial charge is 0.396 e. The first-order valence-electron chi connectivity index (χ1n) is 9.27. The van der Waals surface area contributed by atoms with Crippen LogP contribution in [0.3, 0.4) is 0 Å². The topological polar surface area (TPSA) is 55.8 Å². The molecule has 1 aliphatic rings. The molecule has 1 saturated heterocycles. The molecule has 1 atom stereocenters. The van der Waals surface area contributed by atoms with Crippen molar-refractivity contribution in [3.8, 4) is 0 Å². The van der Waals surface area contributed by atoms with E-state index in [9.17, 15) is 9.90 Å². The Balaban J connectivity index is 1.90. The minimum atomic E-state index is 0.00149. The number of benzene rings is 1. The number of hydrogen-bond acceptors (Lipinski definition) is 3. The van der Waals surface area contributed by atoms with Crippen LogP contribution in [0.2, 0.25) is 0 Å². The third-order valence-corrected chi connectivity index (χ3v) is 5.73. The lowest BCUT2D eigenvalue weighted by molar-refractivity contribution is 0.0517. The molecule has 2 N–H and O–H groups in total. The van der Waals surface area contributed by atoms with Gasteiger partial charge in [-0.1, -0.05) is 36.8 Å². The van der Waals surface area contributed by atoms with Crippen molar-refractivity contribution in [2.75, 3.05) is 40.3 Å². The first-order chi connectivity index (χ1) is 11.9. The fraction of sp³-hybridized carbons (Fsp3) is 0.650. The van der Waals surface area contributed by atoms with Gasteiger partial charge in [-0.05, 0) is 51.3 Å². The zero-order valence-electron chi connectivity index (χ0n) is 16.1. The van der Waals surface area contributed by atoms with E-state index in [2.05, 4.69) is 48.3 Å². The molecule has 0 spiro atoms. The standard InChI is InChI=1S/C20H33N3O2/c1-5-20(15-24)10-12-23(13-11-20)19(25)21-14-18(22(3)4)17-8-6-16(2)7-9-17/h6-9,18,24H,5,10-15H2,1-4H3,(H,21,25). The fourth-order valence-electron chi connectivity index (χ4n) is 3.49. The lowest BCUT2D eigenvalue weighted by Crippen LogP contribution is -2.49. The number of urea groups is 1. The number of aryl methyl sites for hydroxylation is 1. The predicted octanol–water partition coefficient (Wildman–Crippen LogP) is 2.79. The maximum absolute atomic E-state index is 12.5. The molecule has 1 aliphatic heterocycles. The normalized spacial score (nSPS) is 18.2. The van der Waals surface area contributed by atoms with E-state index in [0.717, 1.165) is 32.4 Å². The summed E-state index contributed by atoms with van der Waals surface area (Å²) in [6.07, 6.45) is 2.72. The van der Waals surface area contributed by atoms with Gasteiger partial charge in [-0.3, -0.25) is 0 Å². The Morgan fingerprint density at radius 3 is 2.36 bits per heavy atom. The molecule has 25 heavy (non-hydrogen) atoms. The van der Waals surface area contributed by atoms with Crippen molar-refractivity contribution in [3.63, 3.8) is 0 Å². The van der Waals surface area contributed by atoms with Crippen molar-refractivity contribution in [2.24, 2.45) is 5.41 Å². The predicted molar refractivity (Wildman–Crippen MR) is 102 cm³/mol. The maximum Gasteiger partial charge on any atom is 0.317 e. The van der Waals surface area contributed by atoms with Gasteiger partial charge in [-0.25, -0.2) is 4.79 Å². The quantitative estimate of drug-likeness (QED) is 0.832. The zero-order chi connectivity index (χ0) is 18.4. The monoisotopic (exact) mass is 347 g/mol. The van der Waals surface area contributed by atoms with Gasteiger partial charge in [-0.15, -0.1) is 0 Å². The highest BCUT2D eigenvalue weighted by Crippen LogP contribution is 2.34. The van der Waals surface area contributed by atoms with Crippen molar-refractivity contribution >= 4 is 6.03 Å². The van der Waals surface area contributed by atoms with Gasteiger partial charge in [0, 0.05) is 26.2 Å². The van der Waals surface area contributed by atoms with Crippen LogP contribution in [0.4, 0.5) is 4.79 Å². The summed E-state index contributed by atoms with van der Waals surface area (Å²) in [5.74, 6) is 0. The number of likely N-dealkylation sites (N-methyl/N-ethyl adjacent to an activating group) is 1. The summed E-state index contributed by atoms with van der Waals surface area (Å²) < 4.78 is 0. The summed E-state index contributed by atoms with van der Waals surface area (Å²) in [7, 11) is 4.07. The van der Waals surface area contributed by atoms with Crippen molar-refractivity contribution in [1.29, 1.82) is 0 Å². The van der Waals surface area contributed by atoms with Gasteiger partial charge in [0.15, 0.2) is 0 Å². The summed E-state index contributed by atoms with van der Waals surface area (Å²) >= 11 is 0. The summed E-state index contributed by atoms with van der Waals surface area (Å²) in [5, 5.41) is 12.7. The molecule has 0 aliphatic carbocycles. The van der Waals surface area contributed by atoms with E-state index >= 15 is 0 Å². The second kappa shape index (κ2) is 8.68. The van der Waals surface area contributed by atoms with E-state index in [1.54, 1.807) is 0 Å². The molecule has 0 saturated carbocycles. The van der Waals surface area contributed by atoms with Gasteiger partial charge in [0.25, 0.3) is 0 Å². The Morgan fingerprint density at radius 1 is 1.28 bits per heavy atom. The number of carbonyl (C=O) groups excluding carboxylic acids is 1. The first-order valence-corrected chi connectivity index (χ1v) is 9.27.